The van der Waals surface area contributed by atoms with Crippen LogP contribution in [0.1, 0.15) is 42.1 Å². The average Bonchev–Trinajstić information content (AvgIpc) is 3.20. The summed E-state index contributed by atoms with van der Waals surface area (Å²) in [6, 6.07) is 6.59. The summed E-state index contributed by atoms with van der Waals surface area (Å²) in [6.07, 6.45) is 4.60. The molecule has 1 aromatic heterocycles. The van der Waals surface area contributed by atoms with E-state index in [1.807, 2.05) is 0 Å². The second kappa shape index (κ2) is 6.55. The molecule has 0 aliphatic carbocycles. The van der Waals surface area contributed by atoms with Crippen molar-refractivity contribution in [1.82, 2.24) is 25.0 Å². The van der Waals surface area contributed by atoms with Gasteiger partial charge < -0.3 is 5.32 Å². The number of hydrogen-bond donors (Lipinski definition) is 1. The molecule has 2 aromatic rings. The lowest BCUT2D eigenvalue weighted by atomic mass is 9.99. The maximum absolute atomic E-state index is 13.1. The van der Waals surface area contributed by atoms with Crippen molar-refractivity contribution in [2.24, 2.45) is 0 Å². The maximum atomic E-state index is 13.1. The number of nitrogens with one attached hydrogen (secondary N) is 1. The zero-order valence-corrected chi connectivity index (χ0v) is 14.3. The molecule has 1 amide bonds. The number of aryl methyl sites for hydroxylation is 1. The van der Waals surface area contributed by atoms with E-state index in [1.165, 1.54) is 25.0 Å². The van der Waals surface area contributed by atoms with E-state index in [4.69, 9.17) is 0 Å². The van der Waals surface area contributed by atoms with Gasteiger partial charge in [0.05, 0.1) is 5.69 Å². The first kappa shape index (κ1) is 16.2. The van der Waals surface area contributed by atoms with Crippen LogP contribution >= 0.6 is 0 Å². The first-order valence-corrected chi connectivity index (χ1v) is 8.86. The van der Waals surface area contributed by atoms with Crippen LogP contribution < -0.4 is 5.32 Å². The van der Waals surface area contributed by atoms with Crippen LogP contribution in [0.15, 0.2) is 24.3 Å². The summed E-state index contributed by atoms with van der Waals surface area (Å²) in [5.74, 6) is 0.220. The molecule has 0 spiro atoms. The standard InChI is InChI=1S/C18H22FN5O/c1-12-20-17(22-24(12)14-7-5-13(19)6-8-14)18(25)21-15-9-11-23-10-3-2-4-16(15)23/h5-8,15-16H,2-4,9-11H2,1H3,(H,21,25)/t15-,16-/m0/s1. The molecule has 2 fully saturated rings. The van der Waals surface area contributed by atoms with E-state index in [1.54, 1.807) is 23.7 Å². The Bertz CT molecular complexity index is 772. The second-order valence-electron chi connectivity index (χ2n) is 6.84. The molecule has 1 aromatic carbocycles. The lowest BCUT2D eigenvalue weighted by molar-refractivity contribution is 0.0905. The lowest BCUT2D eigenvalue weighted by Crippen LogP contribution is -2.47. The van der Waals surface area contributed by atoms with Crippen LogP contribution in [-0.2, 0) is 0 Å². The molecule has 25 heavy (non-hydrogen) atoms. The number of carbonyl (C=O) groups is 1. The quantitative estimate of drug-likeness (QED) is 0.927. The van der Waals surface area contributed by atoms with E-state index in [0.717, 1.165) is 25.9 Å². The van der Waals surface area contributed by atoms with Crippen LogP contribution in [0.2, 0.25) is 0 Å². The molecule has 2 saturated heterocycles. The highest BCUT2D eigenvalue weighted by Crippen LogP contribution is 2.27. The third-order valence-corrected chi connectivity index (χ3v) is 5.22. The number of fused-ring (bicyclic) bond motifs is 1. The van der Waals surface area contributed by atoms with Gasteiger partial charge in [0.2, 0.25) is 5.82 Å². The van der Waals surface area contributed by atoms with Gasteiger partial charge in [-0.3, -0.25) is 9.69 Å². The molecular formula is C18H22FN5O. The van der Waals surface area contributed by atoms with Crippen molar-refractivity contribution in [2.75, 3.05) is 13.1 Å². The third kappa shape index (κ3) is 3.16. The molecule has 6 nitrogen and oxygen atoms in total. The predicted molar refractivity (Wildman–Crippen MR) is 91.1 cm³/mol. The Morgan fingerprint density at radius 2 is 2.00 bits per heavy atom. The van der Waals surface area contributed by atoms with Crippen molar-refractivity contribution in [3.63, 3.8) is 0 Å². The van der Waals surface area contributed by atoms with Crippen LogP contribution in [0.5, 0.6) is 0 Å². The molecule has 2 aliphatic rings. The molecule has 2 aliphatic heterocycles. The van der Waals surface area contributed by atoms with Crippen LogP contribution in [-0.4, -0.2) is 50.7 Å². The number of halogens is 1. The highest BCUT2D eigenvalue weighted by molar-refractivity contribution is 5.90. The number of aromatic nitrogens is 3. The first-order valence-electron chi connectivity index (χ1n) is 8.86. The number of nitrogens with zero attached hydrogens (tertiary/aromatic N) is 4. The predicted octanol–water partition coefficient (Wildman–Crippen LogP) is 2.07. The summed E-state index contributed by atoms with van der Waals surface area (Å²) in [4.78, 5) is 19.4. The van der Waals surface area contributed by atoms with E-state index >= 15 is 0 Å². The fourth-order valence-corrected chi connectivity index (χ4v) is 3.96. The van der Waals surface area contributed by atoms with Crippen molar-refractivity contribution >= 4 is 5.91 Å². The van der Waals surface area contributed by atoms with Crippen LogP contribution in [0.3, 0.4) is 0 Å². The Morgan fingerprint density at radius 1 is 1.20 bits per heavy atom. The van der Waals surface area contributed by atoms with Crippen molar-refractivity contribution in [1.29, 1.82) is 0 Å². The molecule has 0 unspecified atom stereocenters. The molecular weight excluding hydrogens is 321 g/mol. The molecule has 0 bridgehead atoms. The third-order valence-electron chi connectivity index (χ3n) is 5.22. The van der Waals surface area contributed by atoms with Gasteiger partial charge in [0.15, 0.2) is 0 Å². The zero-order chi connectivity index (χ0) is 17.4. The summed E-state index contributed by atoms with van der Waals surface area (Å²) in [5, 5.41) is 7.43. The lowest BCUT2D eigenvalue weighted by Gasteiger charge is -2.32. The number of carbonyl (C=O) groups excluding carboxylic acids is 1. The summed E-state index contributed by atoms with van der Waals surface area (Å²) < 4.78 is 14.7. The van der Waals surface area contributed by atoms with Gasteiger partial charge in [-0.2, -0.15) is 0 Å². The van der Waals surface area contributed by atoms with E-state index in [0.29, 0.717) is 17.6 Å². The van der Waals surface area contributed by atoms with Gasteiger partial charge in [0.25, 0.3) is 5.91 Å². The molecule has 132 valence electrons. The first-order chi connectivity index (χ1) is 12.1. The summed E-state index contributed by atoms with van der Waals surface area (Å²) in [5.41, 5.74) is 0.685. The van der Waals surface area contributed by atoms with E-state index in [-0.39, 0.29) is 23.6 Å². The Morgan fingerprint density at radius 3 is 2.80 bits per heavy atom. The van der Waals surface area contributed by atoms with Gasteiger partial charge in [-0.1, -0.05) is 6.42 Å². The van der Waals surface area contributed by atoms with Crippen LogP contribution in [0, 0.1) is 12.7 Å². The zero-order valence-electron chi connectivity index (χ0n) is 14.3. The highest BCUT2D eigenvalue weighted by atomic mass is 19.1. The van der Waals surface area contributed by atoms with Crippen molar-refractivity contribution in [3.8, 4) is 5.69 Å². The largest absolute Gasteiger partial charge is 0.345 e. The molecule has 4 rings (SSSR count). The van der Waals surface area contributed by atoms with Gasteiger partial charge in [-0.05, 0) is 57.0 Å². The average molecular weight is 343 g/mol. The minimum absolute atomic E-state index is 0.163. The SMILES string of the molecule is Cc1nc(C(=O)N[C@H]2CCN3CCCC[C@@H]23)nn1-c1ccc(F)cc1. The van der Waals surface area contributed by atoms with Crippen molar-refractivity contribution < 1.29 is 9.18 Å². The van der Waals surface area contributed by atoms with Crippen LogP contribution in [0.4, 0.5) is 4.39 Å². The summed E-state index contributed by atoms with van der Waals surface area (Å²) in [7, 11) is 0. The molecule has 0 radical (unpaired) electrons. The Hall–Kier alpha value is -2.28. The van der Waals surface area contributed by atoms with Crippen molar-refractivity contribution in [3.05, 3.63) is 41.7 Å². The second-order valence-corrected chi connectivity index (χ2v) is 6.84. The molecule has 0 saturated carbocycles. The number of amides is 1. The Balaban J connectivity index is 1.49. The van der Waals surface area contributed by atoms with Gasteiger partial charge in [0, 0.05) is 18.6 Å². The summed E-state index contributed by atoms with van der Waals surface area (Å²) in [6.45, 7) is 3.96. The monoisotopic (exact) mass is 343 g/mol. The number of benzene rings is 1. The van der Waals surface area contributed by atoms with E-state index < -0.39 is 0 Å². The van der Waals surface area contributed by atoms with E-state index in [9.17, 15) is 9.18 Å². The maximum Gasteiger partial charge on any atom is 0.291 e. The molecule has 1 N–H and O–H groups in total. The highest BCUT2D eigenvalue weighted by Gasteiger charge is 2.36. The fourth-order valence-electron chi connectivity index (χ4n) is 3.96. The van der Waals surface area contributed by atoms with Crippen LogP contribution in [0.25, 0.3) is 5.69 Å². The van der Waals surface area contributed by atoms with Gasteiger partial charge >= 0.3 is 0 Å². The molecule has 3 heterocycles. The van der Waals surface area contributed by atoms with Gasteiger partial charge in [-0.15, -0.1) is 5.10 Å². The number of rotatable bonds is 3. The smallest absolute Gasteiger partial charge is 0.291 e. The molecule has 7 heteroatoms. The number of hydrogen-bond acceptors (Lipinski definition) is 4. The minimum Gasteiger partial charge on any atom is -0.345 e. The van der Waals surface area contributed by atoms with E-state index in [2.05, 4.69) is 20.3 Å². The topological polar surface area (TPSA) is 63.1 Å². The number of piperidine rings is 1. The Kier molecular flexibility index (Phi) is 4.25. The minimum atomic E-state index is -0.308. The fraction of sp³-hybridized carbons (Fsp3) is 0.500. The summed E-state index contributed by atoms with van der Waals surface area (Å²) >= 11 is 0. The van der Waals surface area contributed by atoms with Gasteiger partial charge in [-0.25, -0.2) is 14.1 Å². The molecule has 2 atom stereocenters. The van der Waals surface area contributed by atoms with Crippen molar-refractivity contribution in [2.45, 2.75) is 44.7 Å². The normalized spacial score (nSPS) is 23.4. The Labute approximate surface area is 146 Å². The van der Waals surface area contributed by atoms with Gasteiger partial charge in [0.1, 0.15) is 11.6 Å².